The largest absolute Gasteiger partial charge is 0.384 e. The monoisotopic (exact) mass is 174 g/mol. The topological polar surface area (TPSA) is 55.6 Å². The molecule has 1 amide bonds. The zero-order chi connectivity index (χ0) is 9.40. The molecule has 0 spiro atoms. The SMILES string of the molecule is COCCC(=O)N(C)CCCN. The fraction of sp³-hybridized carbons (Fsp3) is 0.875. The van der Waals surface area contributed by atoms with Crippen molar-refractivity contribution in [1.29, 1.82) is 0 Å². The summed E-state index contributed by atoms with van der Waals surface area (Å²) in [5, 5.41) is 0. The van der Waals surface area contributed by atoms with Gasteiger partial charge in [-0.1, -0.05) is 0 Å². The van der Waals surface area contributed by atoms with Crippen LogP contribution < -0.4 is 5.73 Å². The number of rotatable bonds is 6. The van der Waals surface area contributed by atoms with Gasteiger partial charge >= 0.3 is 0 Å². The van der Waals surface area contributed by atoms with Crippen molar-refractivity contribution in [3.05, 3.63) is 0 Å². The molecule has 4 heteroatoms. The number of hydrogen-bond donors (Lipinski definition) is 1. The Labute approximate surface area is 73.7 Å². The van der Waals surface area contributed by atoms with E-state index in [-0.39, 0.29) is 5.91 Å². The molecule has 0 atom stereocenters. The quantitative estimate of drug-likeness (QED) is 0.608. The van der Waals surface area contributed by atoms with E-state index < -0.39 is 0 Å². The Bertz CT molecular complexity index is 128. The van der Waals surface area contributed by atoms with E-state index in [1.807, 2.05) is 0 Å². The number of nitrogens with two attached hydrogens (primary N) is 1. The minimum atomic E-state index is 0.116. The third-order valence-corrected chi connectivity index (χ3v) is 1.64. The van der Waals surface area contributed by atoms with Crippen molar-refractivity contribution in [2.24, 2.45) is 5.73 Å². The predicted octanol–water partition coefficient (Wildman–Crippen LogP) is -0.170. The van der Waals surface area contributed by atoms with E-state index in [9.17, 15) is 4.79 Å². The first kappa shape index (κ1) is 11.4. The number of carbonyl (C=O) groups excluding carboxylic acids is 1. The summed E-state index contributed by atoms with van der Waals surface area (Å²) < 4.78 is 4.79. The molecule has 0 fully saturated rings. The van der Waals surface area contributed by atoms with Crippen LogP contribution in [0, 0.1) is 0 Å². The summed E-state index contributed by atoms with van der Waals surface area (Å²) in [7, 11) is 3.38. The lowest BCUT2D eigenvalue weighted by molar-refractivity contribution is -0.130. The summed E-state index contributed by atoms with van der Waals surface area (Å²) in [6.45, 7) is 1.85. The maximum atomic E-state index is 11.2. The van der Waals surface area contributed by atoms with Gasteiger partial charge < -0.3 is 15.4 Å². The summed E-state index contributed by atoms with van der Waals surface area (Å²) in [4.78, 5) is 12.9. The Kier molecular flexibility index (Phi) is 6.70. The second-order valence-corrected chi connectivity index (χ2v) is 2.70. The summed E-state index contributed by atoms with van der Waals surface area (Å²) in [6.07, 6.45) is 1.31. The molecular formula is C8H18N2O2. The Hall–Kier alpha value is -0.610. The molecule has 12 heavy (non-hydrogen) atoms. The van der Waals surface area contributed by atoms with Crippen molar-refractivity contribution in [2.75, 3.05) is 33.9 Å². The van der Waals surface area contributed by atoms with Crippen LogP contribution in [0.4, 0.5) is 0 Å². The van der Waals surface area contributed by atoms with Crippen molar-refractivity contribution in [3.8, 4) is 0 Å². The average molecular weight is 174 g/mol. The van der Waals surface area contributed by atoms with Crippen molar-refractivity contribution >= 4 is 5.91 Å². The van der Waals surface area contributed by atoms with Crippen LogP contribution in [0.15, 0.2) is 0 Å². The molecule has 0 aromatic heterocycles. The number of ether oxygens (including phenoxy) is 1. The zero-order valence-electron chi connectivity index (χ0n) is 7.88. The first-order valence-electron chi connectivity index (χ1n) is 4.15. The van der Waals surface area contributed by atoms with Gasteiger partial charge in [-0.05, 0) is 13.0 Å². The molecule has 0 saturated heterocycles. The first-order valence-corrected chi connectivity index (χ1v) is 4.15. The average Bonchev–Trinajstić information content (AvgIpc) is 2.10. The number of methoxy groups -OCH3 is 1. The van der Waals surface area contributed by atoms with Gasteiger partial charge in [-0.25, -0.2) is 0 Å². The van der Waals surface area contributed by atoms with Gasteiger partial charge in [0.25, 0.3) is 0 Å². The van der Waals surface area contributed by atoms with Gasteiger partial charge in [-0.2, -0.15) is 0 Å². The molecule has 72 valence electrons. The van der Waals surface area contributed by atoms with Crippen LogP contribution in [0.25, 0.3) is 0 Å². The highest BCUT2D eigenvalue weighted by Crippen LogP contribution is 1.92. The first-order chi connectivity index (χ1) is 5.72. The molecule has 0 radical (unpaired) electrons. The number of carbonyl (C=O) groups is 1. The van der Waals surface area contributed by atoms with Gasteiger partial charge in [0.05, 0.1) is 13.0 Å². The minimum absolute atomic E-state index is 0.116. The van der Waals surface area contributed by atoms with E-state index in [2.05, 4.69) is 0 Å². The number of nitrogens with zero attached hydrogens (tertiary/aromatic N) is 1. The number of hydrogen-bond acceptors (Lipinski definition) is 3. The minimum Gasteiger partial charge on any atom is -0.384 e. The molecule has 0 aromatic rings. The lowest BCUT2D eigenvalue weighted by Crippen LogP contribution is -2.29. The standard InChI is InChI=1S/C8H18N2O2/c1-10(6-3-5-9)8(11)4-7-12-2/h3-7,9H2,1-2H3. The summed E-state index contributed by atoms with van der Waals surface area (Å²) in [5.41, 5.74) is 5.31. The van der Waals surface area contributed by atoms with Gasteiger partial charge in [0, 0.05) is 20.7 Å². The van der Waals surface area contributed by atoms with Gasteiger partial charge in [0.2, 0.25) is 5.91 Å². The molecule has 0 rings (SSSR count). The van der Waals surface area contributed by atoms with Gasteiger partial charge in [0.1, 0.15) is 0 Å². The van der Waals surface area contributed by atoms with Crippen LogP contribution >= 0.6 is 0 Å². The van der Waals surface area contributed by atoms with Crippen molar-refractivity contribution in [2.45, 2.75) is 12.8 Å². The Morgan fingerprint density at radius 2 is 2.25 bits per heavy atom. The van der Waals surface area contributed by atoms with Crippen molar-refractivity contribution in [3.63, 3.8) is 0 Å². The maximum Gasteiger partial charge on any atom is 0.224 e. The second kappa shape index (κ2) is 7.06. The highest BCUT2D eigenvalue weighted by molar-refractivity contribution is 5.75. The molecule has 2 N–H and O–H groups in total. The van der Waals surface area contributed by atoms with Crippen LogP contribution in [0.2, 0.25) is 0 Å². The van der Waals surface area contributed by atoms with E-state index in [1.165, 1.54) is 0 Å². The zero-order valence-corrected chi connectivity index (χ0v) is 7.88. The Morgan fingerprint density at radius 1 is 1.58 bits per heavy atom. The van der Waals surface area contributed by atoms with Gasteiger partial charge in [-0.3, -0.25) is 4.79 Å². The maximum absolute atomic E-state index is 11.2. The van der Waals surface area contributed by atoms with Gasteiger partial charge in [0.15, 0.2) is 0 Å². The van der Waals surface area contributed by atoms with Crippen LogP contribution in [-0.2, 0) is 9.53 Å². The molecular weight excluding hydrogens is 156 g/mol. The van der Waals surface area contributed by atoms with Crippen LogP contribution in [0.1, 0.15) is 12.8 Å². The van der Waals surface area contributed by atoms with E-state index in [0.717, 1.165) is 13.0 Å². The molecule has 0 aliphatic heterocycles. The van der Waals surface area contributed by atoms with E-state index >= 15 is 0 Å². The lowest BCUT2D eigenvalue weighted by Gasteiger charge is -2.15. The molecule has 0 bridgehead atoms. The number of amides is 1. The lowest BCUT2D eigenvalue weighted by atomic mass is 10.3. The molecule has 0 aromatic carbocycles. The second-order valence-electron chi connectivity index (χ2n) is 2.70. The van der Waals surface area contributed by atoms with Crippen LogP contribution in [0.5, 0.6) is 0 Å². The highest BCUT2D eigenvalue weighted by Gasteiger charge is 2.06. The smallest absolute Gasteiger partial charge is 0.224 e. The third kappa shape index (κ3) is 5.09. The Balaban J connectivity index is 3.47. The van der Waals surface area contributed by atoms with Crippen molar-refractivity contribution < 1.29 is 9.53 Å². The third-order valence-electron chi connectivity index (χ3n) is 1.64. The van der Waals surface area contributed by atoms with E-state index in [4.69, 9.17) is 10.5 Å². The molecule has 0 unspecified atom stereocenters. The highest BCUT2D eigenvalue weighted by atomic mass is 16.5. The Morgan fingerprint density at radius 3 is 2.75 bits per heavy atom. The summed E-state index contributed by atoms with van der Waals surface area (Å²) >= 11 is 0. The van der Waals surface area contributed by atoms with Gasteiger partial charge in [-0.15, -0.1) is 0 Å². The fourth-order valence-corrected chi connectivity index (χ4v) is 0.833. The fourth-order valence-electron chi connectivity index (χ4n) is 0.833. The molecule has 0 aliphatic rings. The van der Waals surface area contributed by atoms with Crippen LogP contribution in [0.3, 0.4) is 0 Å². The normalized spacial score (nSPS) is 9.92. The van der Waals surface area contributed by atoms with Crippen molar-refractivity contribution in [1.82, 2.24) is 4.90 Å². The predicted molar refractivity (Wildman–Crippen MR) is 47.8 cm³/mol. The summed E-state index contributed by atoms with van der Waals surface area (Å²) in [6, 6.07) is 0. The van der Waals surface area contributed by atoms with E-state index in [1.54, 1.807) is 19.1 Å². The summed E-state index contributed by atoms with van der Waals surface area (Å²) in [5.74, 6) is 0.116. The molecule has 0 saturated carbocycles. The van der Waals surface area contributed by atoms with E-state index in [0.29, 0.717) is 19.6 Å². The molecule has 0 aliphatic carbocycles. The molecule has 0 heterocycles. The molecule has 4 nitrogen and oxygen atoms in total. The van der Waals surface area contributed by atoms with Crippen LogP contribution in [-0.4, -0.2) is 44.7 Å².